The maximum absolute atomic E-state index is 11.7. The standard InChI is InChI=1S/C15H24N2O2/c1-3-7-12(4-2)17-15(18)10-11-19-14-9-6-5-8-13(14)16/h5-6,8-9,12H,3-4,7,10-11,16H2,1-2H3,(H,17,18). The molecule has 0 fully saturated rings. The summed E-state index contributed by atoms with van der Waals surface area (Å²) in [7, 11) is 0. The highest BCUT2D eigenvalue weighted by Gasteiger charge is 2.09. The third-order valence-corrected chi connectivity index (χ3v) is 3.00. The van der Waals surface area contributed by atoms with E-state index in [1.165, 1.54) is 0 Å². The molecule has 3 N–H and O–H groups in total. The number of rotatable bonds is 8. The van der Waals surface area contributed by atoms with E-state index in [1.54, 1.807) is 12.1 Å². The van der Waals surface area contributed by atoms with Crippen molar-refractivity contribution in [2.45, 2.75) is 45.6 Å². The molecule has 4 heteroatoms. The van der Waals surface area contributed by atoms with Crippen LogP contribution >= 0.6 is 0 Å². The molecule has 0 heterocycles. The van der Waals surface area contributed by atoms with Crippen molar-refractivity contribution < 1.29 is 9.53 Å². The number of carbonyl (C=O) groups excluding carboxylic acids is 1. The number of para-hydroxylation sites is 2. The van der Waals surface area contributed by atoms with Crippen LogP contribution in [0.4, 0.5) is 5.69 Å². The van der Waals surface area contributed by atoms with E-state index in [2.05, 4.69) is 19.2 Å². The summed E-state index contributed by atoms with van der Waals surface area (Å²) in [6.45, 7) is 4.56. The molecule has 1 aromatic carbocycles. The van der Waals surface area contributed by atoms with Crippen LogP contribution in [0.15, 0.2) is 24.3 Å². The van der Waals surface area contributed by atoms with E-state index in [0.29, 0.717) is 24.5 Å². The normalized spacial score (nSPS) is 11.9. The van der Waals surface area contributed by atoms with Crippen LogP contribution in [0.1, 0.15) is 39.5 Å². The number of nitrogens with one attached hydrogen (secondary N) is 1. The van der Waals surface area contributed by atoms with Gasteiger partial charge in [0.15, 0.2) is 0 Å². The molecule has 4 nitrogen and oxygen atoms in total. The molecule has 0 saturated heterocycles. The van der Waals surface area contributed by atoms with E-state index in [0.717, 1.165) is 19.3 Å². The Morgan fingerprint density at radius 3 is 2.74 bits per heavy atom. The topological polar surface area (TPSA) is 64.3 Å². The van der Waals surface area contributed by atoms with E-state index < -0.39 is 0 Å². The van der Waals surface area contributed by atoms with Crippen molar-refractivity contribution in [2.75, 3.05) is 12.3 Å². The SMILES string of the molecule is CCCC(CC)NC(=O)CCOc1ccccc1N. The maximum Gasteiger partial charge on any atom is 0.223 e. The molecule has 1 atom stereocenters. The van der Waals surface area contributed by atoms with Crippen molar-refractivity contribution in [3.8, 4) is 5.75 Å². The zero-order chi connectivity index (χ0) is 14.1. The van der Waals surface area contributed by atoms with Gasteiger partial charge in [-0.3, -0.25) is 4.79 Å². The van der Waals surface area contributed by atoms with Gasteiger partial charge in [0.05, 0.1) is 18.7 Å². The van der Waals surface area contributed by atoms with Gasteiger partial charge in [-0.2, -0.15) is 0 Å². The van der Waals surface area contributed by atoms with Gasteiger partial charge in [-0.1, -0.05) is 32.4 Å². The quantitative estimate of drug-likeness (QED) is 0.710. The molecule has 0 aliphatic rings. The van der Waals surface area contributed by atoms with Crippen LogP contribution < -0.4 is 15.8 Å². The molecule has 1 amide bonds. The zero-order valence-corrected chi connectivity index (χ0v) is 11.8. The van der Waals surface area contributed by atoms with E-state index in [9.17, 15) is 4.79 Å². The number of anilines is 1. The lowest BCUT2D eigenvalue weighted by molar-refractivity contribution is -0.122. The highest BCUT2D eigenvalue weighted by molar-refractivity contribution is 5.76. The van der Waals surface area contributed by atoms with Crippen LogP contribution in [0, 0.1) is 0 Å². The Morgan fingerprint density at radius 2 is 2.11 bits per heavy atom. The van der Waals surface area contributed by atoms with Gasteiger partial charge in [-0.05, 0) is 25.0 Å². The van der Waals surface area contributed by atoms with Crippen molar-refractivity contribution in [3.05, 3.63) is 24.3 Å². The lowest BCUT2D eigenvalue weighted by Gasteiger charge is -2.16. The number of carbonyl (C=O) groups is 1. The minimum atomic E-state index is 0.0369. The van der Waals surface area contributed by atoms with Crippen molar-refractivity contribution in [3.63, 3.8) is 0 Å². The van der Waals surface area contributed by atoms with Gasteiger partial charge in [0, 0.05) is 6.04 Å². The zero-order valence-electron chi connectivity index (χ0n) is 11.8. The fraction of sp³-hybridized carbons (Fsp3) is 0.533. The van der Waals surface area contributed by atoms with Crippen molar-refractivity contribution >= 4 is 11.6 Å². The number of amides is 1. The number of benzene rings is 1. The first kappa shape index (κ1) is 15.3. The molecule has 1 rings (SSSR count). The molecule has 0 aliphatic heterocycles. The Kier molecular flexibility index (Phi) is 6.79. The van der Waals surface area contributed by atoms with E-state index >= 15 is 0 Å². The fourth-order valence-corrected chi connectivity index (χ4v) is 1.89. The summed E-state index contributed by atoms with van der Waals surface area (Å²) >= 11 is 0. The predicted molar refractivity (Wildman–Crippen MR) is 78.1 cm³/mol. The second-order valence-electron chi connectivity index (χ2n) is 4.60. The molecule has 19 heavy (non-hydrogen) atoms. The lowest BCUT2D eigenvalue weighted by atomic mass is 10.1. The Balaban J connectivity index is 2.29. The highest BCUT2D eigenvalue weighted by atomic mass is 16.5. The van der Waals surface area contributed by atoms with E-state index in [-0.39, 0.29) is 11.9 Å². The van der Waals surface area contributed by atoms with Gasteiger partial charge in [0.25, 0.3) is 0 Å². The first-order valence-corrected chi connectivity index (χ1v) is 6.94. The fourth-order valence-electron chi connectivity index (χ4n) is 1.89. The van der Waals surface area contributed by atoms with Crippen LogP contribution in [0.5, 0.6) is 5.75 Å². The molecule has 1 unspecified atom stereocenters. The van der Waals surface area contributed by atoms with Gasteiger partial charge in [0.2, 0.25) is 5.91 Å². The number of nitrogen functional groups attached to an aromatic ring is 1. The van der Waals surface area contributed by atoms with Crippen LogP contribution in [0.2, 0.25) is 0 Å². The lowest BCUT2D eigenvalue weighted by Crippen LogP contribution is -2.34. The molecule has 0 radical (unpaired) electrons. The summed E-state index contributed by atoms with van der Waals surface area (Å²) in [5.74, 6) is 0.672. The largest absolute Gasteiger partial charge is 0.491 e. The molecular weight excluding hydrogens is 240 g/mol. The monoisotopic (exact) mass is 264 g/mol. The van der Waals surface area contributed by atoms with Crippen LogP contribution in [-0.2, 0) is 4.79 Å². The molecular formula is C15H24N2O2. The van der Waals surface area contributed by atoms with E-state index in [4.69, 9.17) is 10.5 Å². The molecule has 0 aliphatic carbocycles. The van der Waals surface area contributed by atoms with Gasteiger partial charge < -0.3 is 15.8 Å². The molecule has 0 bridgehead atoms. The van der Waals surface area contributed by atoms with Crippen LogP contribution in [0.3, 0.4) is 0 Å². The average Bonchev–Trinajstić information content (AvgIpc) is 2.40. The molecule has 106 valence electrons. The predicted octanol–water partition coefficient (Wildman–Crippen LogP) is 2.73. The van der Waals surface area contributed by atoms with Gasteiger partial charge in [0.1, 0.15) is 5.75 Å². The number of ether oxygens (including phenoxy) is 1. The second-order valence-corrected chi connectivity index (χ2v) is 4.60. The molecule has 0 saturated carbocycles. The summed E-state index contributed by atoms with van der Waals surface area (Å²) in [5.41, 5.74) is 6.35. The Labute approximate surface area is 115 Å². The third-order valence-electron chi connectivity index (χ3n) is 3.00. The minimum Gasteiger partial charge on any atom is -0.491 e. The smallest absolute Gasteiger partial charge is 0.223 e. The van der Waals surface area contributed by atoms with Gasteiger partial charge >= 0.3 is 0 Å². The number of nitrogens with two attached hydrogens (primary N) is 1. The number of hydrogen-bond acceptors (Lipinski definition) is 3. The Morgan fingerprint density at radius 1 is 1.37 bits per heavy atom. The summed E-state index contributed by atoms with van der Waals surface area (Å²) in [4.78, 5) is 11.7. The summed E-state index contributed by atoms with van der Waals surface area (Å²) in [6.07, 6.45) is 3.42. The first-order chi connectivity index (χ1) is 9.17. The van der Waals surface area contributed by atoms with Crippen LogP contribution in [-0.4, -0.2) is 18.6 Å². The average molecular weight is 264 g/mol. The Hall–Kier alpha value is -1.71. The summed E-state index contributed by atoms with van der Waals surface area (Å²) in [6, 6.07) is 7.58. The van der Waals surface area contributed by atoms with Crippen LogP contribution in [0.25, 0.3) is 0 Å². The third kappa shape index (κ3) is 5.64. The molecule has 1 aromatic rings. The highest BCUT2D eigenvalue weighted by Crippen LogP contribution is 2.19. The van der Waals surface area contributed by atoms with Crippen molar-refractivity contribution in [1.29, 1.82) is 0 Å². The number of hydrogen-bond donors (Lipinski definition) is 2. The molecule has 0 aromatic heterocycles. The Bertz CT molecular complexity index is 393. The summed E-state index contributed by atoms with van der Waals surface area (Å²) in [5, 5.41) is 3.02. The van der Waals surface area contributed by atoms with Crippen molar-refractivity contribution in [2.24, 2.45) is 0 Å². The van der Waals surface area contributed by atoms with Gasteiger partial charge in [-0.15, -0.1) is 0 Å². The minimum absolute atomic E-state index is 0.0369. The van der Waals surface area contributed by atoms with Gasteiger partial charge in [-0.25, -0.2) is 0 Å². The second kappa shape index (κ2) is 8.40. The first-order valence-electron chi connectivity index (χ1n) is 6.94. The summed E-state index contributed by atoms with van der Waals surface area (Å²) < 4.78 is 5.50. The maximum atomic E-state index is 11.7. The van der Waals surface area contributed by atoms with E-state index in [1.807, 2.05) is 12.1 Å². The van der Waals surface area contributed by atoms with Crippen molar-refractivity contribution in [1.82, 2.24) is 5.32 Å². The molecule has 0 spiro atoms.